The number of hydrazine groups is 1. The fraction of sp³-hybridized carbons (Fsp3) is 0.150. The van der Waals surface area contributed by atoms with Crippen LogP contribution in [0.5, 0.6) is 0 Å². The van der Waals surface area contributed by atoms with Crippen LogP contribution >= 0.6 is 24.0 Å². The lowest BCUT2D eigenvalue weighted by atomic mass is 10.0. The SMILES string of the molecule is CC(C)c1ccc(/C=C2/SC(=S)N(NC(=O)c3ccccc3)C2=O)cc1. The monoisotopic (exact) mass is 382 g/mol. The van der Waals surface area contributed by atoms with Crippen LogP contribution in [0.2, 0.25) is 0 Å². The molecule has 1 N–H and O–H groups in total. The van der Waals surface area contributed by atoms with Crippen LogP contribution in [-0.4, -0.2) is 21.1 Å². The highest BCUT2D eigenvalue weighted by molar-refractivity contribution is 8.26. The Balaban J connectivity index is 1.75. The summed E-state index contributed by atoms with van der Waals surface area (Å²) in [5.74, 6) is -0.239. The Kier molecular flexibility index (Phi) is 5.54. The molecule has 0 bridgehead atoms. The second kappa shape index (κ2) is 7.85. The largest absolute Gasteiger partial charge is 0.285 e. The molecule has 0 atom stereocenters. The van der Waals surface area contributed by atoms with Crippen LogP contribution in [0.1, 0.15) is 41.3 Å². The molecule has 3 rings (SSSR count). The molecule has 0 radical (unpaired) electrons. The Morgan fingerprint density at radius 3 is 2.38 bits per heavy atom. The molecule has 2 amide bonds. The van der Waals surface area contributed by atoms with Crippen molar-refractivity contribution in [1.29, 1.82) is 0 Å². The minimum atomic E-state index is -0.371. The highest BCUT2D eigenvalue weighted by Crippen LogP contribution is 2.31. The number of nitrogens with one attached hydrogen (secondary N) is 1. The van der Waals surface area contributed by atoms with Gasteiger partial charge in [-0.2, -0.15) is 5.01 Å². The number of amides is 2. The van der Waals surface area contributed by atoms with E-state index in [1.54, 1.807) is 30.3 Å². The number of hydrogen-bond donors (Lipinski definition) is 1. The fourth-order valence-corrected chi connectivity index (χ4v) is 3.63. The molecule has 2 aromatic carbocycles. The summed E-state index contributed by atoms with van der Waals surface area (Å²) in [4.78, 5) is 25.3. The molecule has 2 aromatic rings. The van der Waals surface area contributed by atoms with Crippen LogP contribution in [-0.2, 0) is 4.79 Å². The number of benzene rings is 2. The number of thioether (sulfide) groups is 1. The molecular weight excluding hydrogens is 364 g/mol. The Hall–Kier alpha value is -2.44. The van der Waals surface area contributed by atoms with Crippen molar-refractivity contribution in [2.45, 2.75) is 19.8 Å². The summed E-state index contributed by atoms with van der Waals surface area (Å²) in [5.41, 5.74) is 5.21. The van der Waals surface area contributed by atoms with Crippen molar-refractivity contribution in [2.75, 3.05) is 0 Å². The standard InChI is InChI=1S/C20H18N2O2S2/c1-13(2)15-10-8-14(9-11-15)12-17-19(24)22(20(25)26-17)21-18(23)16-6-4-3-5-7-16/h3-13H,1-2H3,(H,21,23)/b17-12+. The van der Waals surface area contributed by atoms with Crippen LogP contribution < -0.4 is 5.43 Å². The van der Waals surface area contributed by atoms with Crippen LogP contribution in [0.15, 0.2) is 59.5 Å². The average Bonchev–Trinajstić information content (AvgIpc) is 2.90. The lowest BCUT2D eigenvalue weighted by Crippen LogP contribution is -2.44. The van der Waals surface area contributed by atoms with Gasteiger partial charge in [-0.05, 0) is 47.5 Å². The fourth-order valence-electron chi connectivity index (χ4n) is 2.45. The molecule has 26 heavy (non-hydrogen) atoms. The number of rotatable bonds is 4. The van der Waals surface area contributed by atoms with Gasteiger partial charge in [-0.25, -0.2) is 0 Å². The first kappa shape index (κ1) is 18.4. The molecule has 1 heterocycles. The van der Waals surface area contributed by atoms with Gasteiger partial charge in [0.1, 0.15) is 0 Å². The van der Waals surface area contributed by atoms with E-state index in [1.807, 2.05) is 18.2 Å². The molecule has 4 nitrogen and oxygen atoms in total. The molecule has 0 spiro atoms. The average molecular weight is 383 g/mol. The minimum absolute atomic E-state index is 0.310. The van der Waals surface area contributed by atoms with Crippen molar-refractivity contribution in [3.8, 4) is 0 Å². The molecule has 132 valence electrons. The van der Waals surface area contributed by atoms with E-state index < -0.39 is 0 Å². The van der Waals surface area contributed by atoms with E-state index in [4.69, 9.17) is 12.2 Å². The van der Waals surface area contributed by atoms with Gasteiger partial charge in [-0.1, -0.05) is 68.1 Å². The lowest BCUT2D eigenvalue weighted by molar-refractivity contribution is -0.123. The van der Waals surface area contributed by atoms with E-state index >= 15 is 0 Å². The van der Waals surface area contributed by atoms with E-state index in [-0.39, 0.29) is 11.8 Å². The van der Waals surface area contributed by atoms with E-state index in [9.17, 15) is 9.59 Å². The molecular formula is C20H18N2O2S2. The molecule has 0 aromatic heterocycles. The molecule has 1 fully saturated rings. The smallest absolute Gasteiger partial charge is 0.267 e. The first-order valence-corrected chi connectivity index (χ1v) is 9.42. The summed E-state index contributed by atoms with van der Waals surface area (Å²) < 4.78 is 0.310. The van der Waals surface area contributed by atoms with Crippen molar-refractivity contribution in [3.05, 3.63) is 76.2 Å². The quantitative estimate of drug-likeness (QED) is 0.631. The Labute approximate surface area is 162 Å². The summed E-state index contributed by atoms with van der Waals surface area (Å²) in [5, 5.41) is 1.13. The molecule has 1 aliphatic heterocycles. The van der Waals surface area contributed by atoms with Crippen LogP contribution in [0.3, 0.4) is 0 Å². The normalized spacial score (nSPS) is 15.8. The van der Waals surface area contributed by atoms with Gasteiger partial charge in [0.2, 0.25) is 0 Å². The highest BCUT2D eigenvalue weighted by Gasteiger charge is 2.33. The van der Waals surface area contributed by atoms with Crippen LogP contribution in [0.4, 0.5) is 0 Å². The Morgan fingerprint density at radius 1 is 1.12 bits per heavy atom. The second-order valence-corrected chi connectivity index (χ2v) is 7.82. The van der Waals surface area contributed by atoms with Gasteiger partial charge in [0.15, 0.2) is 4.32 Å². The van der Waals surface area contributed by atoms with Gasteiger partial charge >= 0.3 is 0 Å². The van der Waals surface area contributed by atoms with Crippen molar-refractivity contribution in [3.63, 3.8) is 0 Å². The molecule has 6 heteroatoms. The zero-order chi connectivity index (χ0) is 18.7. The topological polar surface area (TPSA) is 49.4 Å². The van der Waals surface area contributed by atoms with E-state index in [0.29, 0.717) is 20.7 Å². The maximum absolute atomic E-state index is 12.6. The van der Waals surface area contributed by atoms with Crippen LogP contribution in [0, 0.1) is 0 Å². The first-order valence-electron chi connectivity index (χ1n) is 8.19. The van der Waals surface area contributed by atoms with Gasteiger partial charge in [0.05, 0.1) is 4.91 Å². The van der Waals surface area contributed by atoms with Crippen molar-refractivity contribution < 1.29 is 9.59 Å². The second-order valence-electron chi connectivity index (χ2n) is 6.15. The summed E-state index contributed by atoms with van der Waals surface area (Å²) in [6.45, 7) is 4.27. The third kappa shape index (κ3) is 4.03. The Morgan fingerprint density at radius 2 is 1.77 bits per heavy atom. The molecule has 0 saturated carbocycles. The maximum Gasteiger partial charge on any atom is 0.285 e. The van der Waals surface area contributed by atoms with Crippen molar-refractivity contribution in [2.24, 2.45) is 0 Å². The van der Waals surface area contributed by atoms with Gasteiger partial charge in [-0.3, -0.25) is 15.0 Å². The zero-order valence-electron chi connectivity index (χ0n) is 14.4. The van der Waals surface area contributed by atoms with Crippen molar-refractivity contribution in [1.82, 2.24) is 10.4 Å². The predicted molar refractivity (Wildman–Crippen MR) is 109 cm³/mol. The highest BCUT2D eigenvalue weighted by atomic mass is 32.2. The van der Waals surface area contributed by atoms with Crippen molar-refractivity contribution >= 4 is 46.2 Å². The predicted octanol–water partition coefficient (Wildman–Crippen LogP) is 4.36. The summed E-state index contributed by atoms with van der Waals surface area (Å²) in [7, 11) is 0. The van der Waals surface area contributed by atoms with E-state index in [0.717, 1.165) is 10.6 Å². The third-order valence-electron chi connectivity index (χ3n) is 3.94. The first-order chi connectivity index (χ1) is 12.5. The van der Waals surface area contributed by atoms with E-state index in [1.165, 1.54) is 17.3 Å². The number of carbonyl (C=O) groups excluding carboxylic acids is 2. The van der Waals surface area contributed by atoms with Gasteiger partial charge < -0.3 is 0 Å². The lowest BCUT2D eigenvalue weighted by Gasteiger charge is -2.15. The number of hydrogen-bond acceptors (Lipinski definition) is 4. The van der Waals surface area contributed by atoms with Crippen LogP contribution in [0.25, 0.3) is 6.08 Å². The zero-order valence-corrected chi connectivity index (χ0v) is 16.1. The van der Waals surface area contributed by atoms with Gasteiger partial charge in [-0.15, -0.1) is 0 Å². The summed E-state index contributed by atoms with van der Waals surface area (Å²) in [6, 6.07) is 16.8. The summed E-state index contributed by atoms with van der Waals surface area (Å²) in [6.07, 6.45) is 1.79. The van der Waals surface area contributed by atoms with Gasteiger partial charge in [0, 0.05) is 5.56 Å². The number of thiocarbonyl (C=S) groups is 1. The number of nitrogens with zero attached hydrogens (tertiary/aromatic N) is 1. The molecule has 1 saturated heterocycles. The maximum atomic E-state index is 12.6. The van der Waals surface area contributed by atoms with Gasteiger partial charge in [0.25, 0.3) is 11.8 Å². The van der Waals surface area contributed by atoms with E-state index in [2.05, 4.69) is 31.4 Å². The third-order valence-corrected chi connectivity index (χ3v) is 5.25. The minimum Gasteiger partial charge on any atom is -0.267 e. The number of carbonyl (C=O) groups is 2. The Bertz CT molecular complexity index is 874. The molecule has 0 aliphatic carbocycles. The molecule has 1 aliphatic rings. The summed E-state index contributed by atoms with van der Waals surface area (Å²) >= 11 is 6.43. The molecule has 0 unspecified atom stereocenters.